The molecule has 0 amide bonds. The lowest BCUT2D eigenvalue weighted by molar-refractivity contribution is 0.419. The Hall–Kier alpha value is -0.180. The first kappa shape index (κ1) is 17.9. The van der Waals surface area contributed by atoms with E-state index in [2.05, 4.69) is 44.3 Å². The summed E-state index contributed by atoms with van der Waals surface area (Å²) < 4.78 is 0. The van der Waals surface area contributed by atoms with Gasteiger partial charge >= 0.3 is 0 Å². The fourth-order valence-electron chi connectivity index (χ4n) is 2.29. The normalized spacial score (nSPS) is 12.8. The van der Waals surface area contributed by atoms with Gasteiger partial charge in [-0.2, -0.15) is 11.8 Å². The molecule has 0 aliphatic carbocycles. The minimum atomic E-state index is 0.557. The van der Waals surface area contributed by atoms with Crippen molar-refractivity contribution in [2.75, 3.05) is 18.1 Å². The first-order valence-corrected chi connectivity index (χ1v) is 9.20. The van der Waals surface area contributed by atoms with Gasteiger partial charge in [-0.1, -0.05) is 44.5 Å². The van der Waals surface area contributed by atoms with Crippen LogP contribution in [0.1, 0.15) is 39.2 Å². The van der Waals surface area contributed by atoms with E-state index in [1.54, 1.807) is 0 Å². The third-order valence-electron chi connectivity index (χ3n) is 3.33. The molecule has 0 aromatic heterocycles. The molecule has 1 atom stereocenters. The third-order valence-corrected chi connectivity index (χ3v) is 4.55. The van der Waals surface area contributed by atoms with Gasteiger partial charge in [-0.3, -0.25) is 0 Å². The van der Waals surface area contributed by atoms with E-state index >= 15 is 0 Å². The number of hydrogen-bond donors (Lipinski definition) is 1. The van der Waals surface area contributed by atoms with Crippen molar-refractivity contribution in [3.05, 3.63) is 34.9 Å². The average Bonchev–Trinajstić information content (AvgIpc) is 2.40. The molecule has 0 radical (unpaired) electrons. The second-order valence-corrected chi connectivity index (χ2v) is 7.43. The number of thioether (sulfide) groups is 1. The van der Waals surface area contributed by atoms with E-state index in [1.165, 1.54) is 29.9 Å². The molecule has 1 aromatic carbocycles. The van der Waals surface area contributed by atoms with Crippen molar-refractivity contribution in [2.24, 2.45) is 5.92 Å². The Bertz CT molecular complexity index is 368. The van der Waals surface area contributed by atoms with Crippen LogP contribution in [0.25, 0.3) is 0 Å². The summed E-state index contributed by atoms with van der Waals surface area (Å²) in [4.78, 5) is 0. The molecule has 0 aliphatic heterocycles. The van der Waals surface area contributed by atoms with Gasteiger partial charge in [-0.15, -0.1) is 0 Å². The average molecular weight is 314 g/mol. The van der Waals surface area contributed by atoms with Gasteiger partial charge in [0.15, 0.2) is 0 Å². The molecule has 0 spiro atoms. The topological polar surface area (TPSA) is 12.0 Å². The Morgan fingerprint density at radius 2 is 2.10 bits per heavy atom. The van der Waals surface area contributed by atoms with Crippen molar-refractivity contribution in [1.29, 1.82) is 0 Å². The van der Waals surface area contributed by atoms with Crippen LogP contribution < -0.4 is 5.32 Å². The van der Waals surface area contributed by atoms with Gasteiger partial charge in [0.25, 0.3) is 0 Å². The molecule has 1 rings (SSSR count). The third kappa shape index (κ3) is 8.18. The molecule has 114 valence electrons. The van der Waals surface area contributed by atoms with Crippen molar-refractivity contribution < 1.29 is 0 Å². The van der Waals surface area contributed by atoms with E-state index < -0.39 is 0 Å². The van der Waals surface area contributed by atoms with Gasteiger partial charge in [0, 0.05) is 11.1 Å². The summed E-state index contributed by atoms with van der Waals surface area (Å²) in [6, 6.07) is 8.85. The minimum Gasteiger partial charge on any atom is -0.314 e. The molecule has 20 heavy (non-hydrogen) atoms. The van der Waals surface area contributed by atoms with Crippen LogP contribution in [-0.2, 0) is 6.42 Å². The predicted octanol–water partition coefficient (Wildman–Crippen LogP) is 5.03. The summed E-state index contributed by atoms with van der Waals surface area (Å²) in [6.07, 6.45) is 3.72. The van der Waals surface area contributed by atoms with Crippen molar-refractivity contribution in [3.63, 3.8) is 0 Å². The van der Waals surface area contributed by atoms with Crippen LogP contribution in [0.5, 0.6) is 0 Å². The maximum Gasteiger partial charge on any atom is 0.0408 e. The van der Waals surface area contributed by atoms with Crippen molar-refractivity contribution in [2.45, 2.75) is 46.1 Å². The monoisotopic (exact) mass is 313 g/mol. The molecule has 0 saturated heterocycles. The summed E-state index contributed by atoms with van der Waals surface area (Å²) in [5, 5.41) is 4.43. The van der Waals surface area contributed by atoms with Gasteiger partial charge in [0.1, 0.15) is 0 Å². The van der Waals surface area contributed by atoms with Crippen molar-refractivity contribution in [3.8, 4) is 0 Å². The number of nitrogens with one attached hydrogen (secondary N) is 1. The zero-order valence-electron chi connectivity index (χ0n) is 13.0. The molecular weight excluding hydrogens is 286 g/mol. The molecular formula is C17H28ClNS. The molecule has 0 heterocycles. The molecule has 1 aromatic rings. The van der Waals surface area contributed by atoms with E-state index in [0.29, 0.717) is 12.0 Å². The van der Waals surface area contributed by atoms with Crippen LogP contribution in [-0.4, -0.2) is 24.1 Å². The Morgan fingerprint density at radius 1 is 1.30 bits per heavy atom. The summed E-state index contributed by atoms with van der Waals surface area (Å²) >= 11 is 8.12. The van der Waals surface area contributed by atoms with E-state index in [4.69, 9.17) is 11.6 Å². The quantitative estimate of drug-likeness (QED) is 0.608. The van der Waals surface area contributed by atoms with Crippen molar-refractivity contribution >= 4 is 23.4 Å². The summed E-state index contributed by atoms with van der Waals surface area (Å²) in [6.45, 7) is 7.75. The van der Waals surface area contributed by atoms with Gasteiger partial charge in [-0.05, 0) is 60.9 Å². The maximum absolute atomic E-state index is 6.08. The number of hydrogen-bond acceptors (Lipinski definition) is 2. The summed E-state index contributed by atoms with van der Waals surface area (Å²) in [5.74, 6) is 3.21. The molecule has 1 nitrogen and oxygen atoms in total. The first-order chi connectivity index (χ1) is 9.61. The fraction of sp³-hybridized carbons (Fsp3) is 0.647. The lowest BCUT2D eigenvalue weighted by Gasteiger charge is -2.19. The highest BCUT2D eigenvalue weighted by atomic mass is 35.5. The van der Waals surface area contributed by atoms with Crippen LogP contribution in [0.4, 0.5) is 0 Å². The minimum absolute atomic E-state index is 0.557. The highest BCUT2D eigenvalue weighted by Gasteiger charge is 2.10. The Morgan fingerprint density at radius 3 is 2.75 bits per heavy atom. The zero-order valence-corrected chi connectivity index (χ0v) is 14.6. The van der Waals surface area contributed by atoms with Crippen LogP contribution >= 0.6 is 23.4 Å². The SMILES string of the molecule is CCSCCCC(CNC(C)C)Cc1cccc(Cl)c1. The number of rotatable bonds is 10. The van der Waals surface area contributed by atoms with Crippen LogP contribution in [0.2, 0.25) is 5.02 Å². The highest BCUT2D eigenvalue weighted by Crippen LogP contribution is 2.18. The van der Waals surface area contributed by atoms with E-state index in [1.807, 2.05) is 17.8 Å². The molecule has 0 saturated carbocycles. The van der Waals surface area contributed by atoms with E-state index in [0.717, 1.165) is 18.0 Å². The molecule has 0 bridgehead atoms. The lowest BCUT2D eigenvalue weighted by atomic mass is 9.94. The molecule has 1 unspecified atom stereocenters. The maximum atomic E-state index is 6.08. The molecule has 3 heteroatoms. The Balaban J connectivity index is 2.47. The smallest absolute Gasteiger partial charge is 0.0408 e. The van der Waals surface area contributed by atoms with Crippen LogP contribution in [0, 0.1) is 5.92 Å². The fourth-order valence-corrected chi connectivity index (χ4v) is 3.17. The molecule has 0 aliphatic rings. The lowest BCUT2D eigenvalue weighted by Crippen LogP contribution is -2.30. The first-order valence-electron chi connectivity index (χ1n) is 7.67. The number of benzene rings is 1. The van der Waals surface area contributed by atoms with E-state index in [9.17, 15) is 0 Å². The second kappa shape index (κ2) is 10.5. The highest BCUT2D eigenvalue weighted by molar-refractivity contribution is 7.99. The van der Waals surface area contributed by atoms with Gasteiger partial charge in [0.2, 0.25) is 0 Å². The Labute approximate surface area is 133 Å². The number of halogens is 1. The van der Waals surface area contributed by atoms with Crippen LogP contribution in [0.15, 0.2) is 24.3 Å². The zero-order chi connectivity index (χ0) is 14.8. The Kier molecular flexibility index (Phi) is 9.41. The second-order valence-electron chi connectivity index (χ2n) is 5.60. The van der Waals surface area contributed by atoms with Gasteiger partial charge in [-0.25, -0.2) is 0 Å². The molecule has 1 N–H and O–H groups in total. The van der Waals surface area contributed by atoms with Gasteiger partial charge in [0.05, 0.1) is 0 Å². The predicted molar refractivity (Wildman–Crippen MR) is 94.0 cm³/mol. The summed E-state index contributed by atoms with van der Waals surface area (Å²) in [5.41, 5.74) is 1.36. The summed E-state index contributed by atoms with van der Waals surface area (Å²) in [7, 11) is 0. The standard InChI is InChI=1S/C17H28ClNS/c1-4-20-10-6-8-16(13-19-14(2)3)11-15-7-5-9-17(18)12-15/h5,7,9,12,14,16,19H,4,6,8,10-11,13H2,1-3H3. The largest absolute Gasteiger partial charge is 0.314 e. The van der Waals surface area contributed by atoms with Crippen LogP contribution in [0.3, 0.4) is 0 Å². The van der Waals surface area contributed by atoms with Gasteiger partial charge < -0.3 is 5.32 Å². The van der Waals surface area contributed by atoms with Crippen molar-refractivity contribution in [1.82, 2.24) is 5.32 Å². The molecule has 0 fully saturated rings. The van der Waals surface area contributed by atoms with E-state index in [-0.39, 0.29) is 0 Å².